The Labute approximate surface area is 109 Å². The largest absolute Gasteiger partial charge is 0.491 e. The molecular weight excluding hydrogens is 249 g/mol. The maximum Gasteiger partial charge on any atom is 0.272 e. The van der Waals surface area contributed by atoms with Gasteiger partial charge in [0.25, 0.3) is 5.91 Å². The number of imidazole rings is 1. The number of hydrogen-bond acceptors (Lipinski definition) is 3. The molecule has 1 aliphatic rings. The van der Waals surface area contributed by atoms with Crippen molar-refractivity contribution < 1.29 is 13.9 Å². The summed E-state index contributed by atoms with van der Waals surface area (Å²) >= 11 is 0. The first kappa shape index (κ1) is 11.7. The van der Waals surface area contributed by atoms with Gasteiger partial charge in [0.2, 0.25) is 0 Å². The molecule has 0 saturated carbocycles. The van der Waals surface area contributed by atoms with E-state index in [9.17, 15) is 9.18 Å². The lowest BCUT2D eigenvalue weighted by atomic mass is 10.2. The number of hydrogen-bond donors (Lipinski definition) is 1. The normalized spacial score (nSPS) is 14.5. The van der Waals surface area contributed by atoms with E-state index in [4.69, 9.17) is 4.74 Å². The van der Waals surface area contributed by atoms with Crippen molar-refractivity contribution in [2.24, 2.45) is 0 Å². The lowest BCUT2D eigenvalue weighted by Gasteiger charge is -2.18. The minimum Gasteiger partial charge on any atom is -0.491 e. The molecule has 6 heteroatoms. The predicted molar refractivity (Wildman–Crippen MR) is 65.2 cm³/mol. The van der Waals surface area contributed by atoms with Crippen LogP contribution in [0.4, 0.5) is 4.39 Å². The molecule has 0 atom stereocenters. The molecule has 0 unspecified atom stereocenters. The number of ether oxygens (including phenoxy) is 1. The van der Waals surface area contributed by atoms with Gasteiger partial charge in [0, 0.05) is 12.1 Å². The van der Waals surface area contributed by atoms with Crippen LogP contribution in [0.5, 0.6) is 5.75 Å². The van der Waals surface area contributed by atoms with Gasteiger partial charge in [-0.25, -0.2) is 9.37 Å². The van der Waals surface area contributed by atoms with Crippen LogP contribution >= 0.6 is 0 Å². The quantitative estimate of drug-likeness (QED) is 0.848. The van der Waals surface area contributed by atoms with Crippen LogP contribution in [0.3, 0.4) is 0 Å². The number of H-pyrrole nitrogens is 1. The third kappa shape index (κ3) is 2.29. The minimum absolute atomic E-state index is 0.168. The molecule has 0 radical (unpaired) electrons. The summed E-state index contributed by atoms with van der Waals surface area (Å²) in [5, 5.41) is 0. The molecule has 19 heavy (non-hydrogen) atoms. The van der Waals surface area contributed by atoms with E-state index in [0.717, 1.165) is 0 Å². The summed E-state index contributed by atoms with van der Waals surface area (Å²) in [4.78, 5) is 20.4. The molecule has 3 rings (SSSR count). The number of benzene rings is 1. The van der Waals surface area contributed by atoms with Crippen LogP contribution in [-0.2, 0) is 6.54 Å². The first-order chi connectivity index (χ1) is 9.24. The Hall–Kier alpha value is -2.37. The van der Waals surface area contributed by atoms with Crippen molar-refractivity contribution in [1.82, 2.24) is 14.9 Å². The molecule has 1 aliphatic heterocycles. The minimum atomic E-state index is -0.335. The van der Waals surface area contributed by atoms with Crippen molar-refractivity contribution >= 4 is 5.91 Å². The molecule has 98 valence electrons. The third-order valence-corrected chi connectivity index (χ3v) is 3.02. The average Bonchev–Trinajstić information content (AvgIpc) is 2.85. The Balaban J connectivity index is 1.87. The van der Waals surface area contributed by atoms with Crippen molar-refractivity contribution in [2.75, 3.05) is 13.2 Å². The van der Waals surface area contributed by atoms with E-state index in [1.165, 1.54) is 24.7 Å². The molecule has 5 nitrogen and oxygen atoms in total. The SMILES string of the molecule is O=C(c1cnc[nH]1)N1CCOc2ccc(F)cc2C1. The Bertz CT molecular complexity index is 598. The Morgan fingerprint density at radius 3 is 3.16 bits per heavy atom. The molecule has 2 heterocycles. The Morgan fingerprint density at radius 2 is 2.37 bits per heavy atom. The maximum absolute atomic E-state index is 13.3. The van der Waals surface area contributed by atoms with E-state index in [1.54, 1.807) is 11.0 Å². The number of nitrogens with zero attached hydrogens (tertiary/aromatic N) is 2. The summed E-state index contributed by atoms with van der Waals surface area (Å²) in [5.74, 6) is 0.123. The second kappa shape index (κ2) is 4.72. The highest BCUT2D eigenvalue weighted by molar-refractivity contribution is 5.92. The average molecular weight is 261 g/mol. The van der Waals surface area contributed by atoms with Gasteiger partial charge in [-0.2, -0.15) is 0 Å². The van der Waals surface area contributed by atoms with Gasteiger partial charge in [0.05, 0.1) is 19.1 Å². The summed E-state index contributed by atoms with van der Waals surface area (Å²) in [7, 11) is 0. The van der Waals surface area contributed by atoms with Crippen LogP contribution in [0.2, 0.25) is 0 Å². The highest BCUT2D eigenvalue weighted by Crippen LogP contribution is 2.24. The molecule has 1 aromatic heterocycles. The molecule has 1 N–H and O–H groups in total. The lowest BCUT2D eigenvalue weighted by Crippen LogP contribution is -2.32. The number of carbonyl (C=O) groups is 1. The fourth-order valence-corrected chi connectivity index (χ4v) is 2.08. The summed E-state index contributed by atoms with van der Waals surface area (Å²) in [5.41, 5.74) is 1.09. The van der Waals surface area contributed by atoms with Crippen LogP contribution in [0.15, 0.2) is 30.7 Å². The van der Waals surface area contributed by atoms with Crippen molar-refractivity contribution in [3.63, 3.8) is 0 Å². The molecular formula is C13H12FN3O2. The fraction of sp³-hybridized carbons (Fsp3) is 0.231. The van der Waals surface area contributed by atoms with Crippen molar-refractivity contribution in [3.8, 4) is 5.75 Å². The summed E-state index contributed by atoms with van der Waals surface area (Å²) in [6.07, 6.45) is 2.93. The molecule has 0 fully saturated rings. The van der Waals surface area contributed by atoms with Crippen LogP contribution in [-0.4, -0.2) is 33.9 Å². The summed E-state index contributed by atoms with van der Waals surface area (Å²) < 4.78 is 18.8. The zero-order chi connectivity index (χ0) is 13.2. The molecule has 0 saturated heterocycles. The first-order valence-corrected chi connectivity index (χ1v) is 5.93. The highest BCUT2D eigenvalue weighted by Gasteiger charge is 2.22. The van der Waals surface area contributed by atoms with E-state index in [2.05, 4.69) is 9.97 Å². The molecule has 1 amide bonds. The predicted octanol–water partition coefficient (Wildman–Crippen LogP) is 1.58. The van der Waals surface area contributed by atoms with Gasteiger partial charge in [-0.15, -0.1) is 0 Å². The van der Waals surface area contributed by atoms with Crippen LogP contribution in [0.1, 0.15) is 16.1 Å². The van der Waals surface area contributed by atoms with Gasteiger partial charge >= 0.3 is 0 Å². The van der Waals surface area contributed by atoms with Gasteiger partial charge < -0.3 is 14.6 Å². The van der Waals surface area contributed by atoms with E-state index >= 15 is 0 Å². The topological polar surface area (TPSA) is 58.2 Å². The molecule has 0 spiro atoms. The Morgan fingerprint density at radius 1 is 1.47 bits per heavy atom. The van der Waals surface area contributed by atoms with Gasteiger partial charge in [-0.1, -0.05) is 0 Å². The van der Waals surface area contributed by atoms with E-state index < -0.39 is 0 Å². The number of rotatable bonds is 1. The second-order valence-electron chi connectivity index (χ2n) is 4.29. The maximum atomic E-state index is 13.3. The fourth-order valence-electron chi connectivity index (χ4n) is 2.08. The van der Waals surface area contributed by atoms with Crippen molar-refractivity contribution in [2.45, 2.75) is 6.54 Å². The monoisotopic (exact) mass is 261 g/mol. The number of carbonyl (C=O) groups excluding carboxylic acids is 1. The summed E-state index contributed by atoms with van der Waals surface area (Å²) in [6.45, 7) is 1.16. The van der Waals surface area contributed by atoms with Crippen LogP contribution < -0.4 is 4.74 Å². The lowest BCUT2D eigenvalue weighted by molar-refractivity contribution is 0.0728. The zero-order valence-corrected chi connectivity index (χ0v) is 10.1. The van der Waals surface area contributed by atoms with Gasteiger partial charge in [0.15, 0.2) is 0 Å². The van der Waals surface area contributed by atoms with E-state index in [1.807, 2.05) is 0 Å². The van der Waals surface area contributed by atoms with Crippen LogP contribution in [0, 0.1) is 5.82 Å². The smallest absolute Gasteiger partial charge is 0.272 e. The van der Waals surface area contributed by atoms with Gasteiger partial charge in [-0.05, 0) is 18.2 Å². The van der Waals surface area contributed by atoms with Gasteiger partial charge in [0.1, 0.15) is 23.9 Å². The molecule has 0 aliphatic carbocycles. The number of amides is 1. The highest BCUT2D eigenvalue weighted by atomic mass is 19.1. The standard InChI is InChI=1S/C13H12FN3O2/c14-10-1-2-12-9(5-10)7-17(3-4-19-12)13(18)11-6-15-8-16-11/h1-2,5-6,8H,3-4,7H2,(H,15,16). The van der Waals surface area contributed by atoms with Gasteiger partial charge in [-0.3, -0.25) is 4.79 Å². The van der Waals surface area contributed by atoms with E-state index in [0.29, 0.717) is 36.7 Å². The van der Waals surface area contributed by atoms with E-state index in [-0.39, 0.29) is 11.7 Å². The van der Waals surface area contributed by atoms with Crippen molar-refractivity contribution in [3.05, 3.63) is 47.8 Å². The second-order valence-corrected chi connectivity index (χ2v) is 4.29. The Kier molecular flexibility index (Phi) is 2.91. The molecule has 1 aromatic carbocycles. The number of halogens is 1. The number of nitrogens with one attached hydrogen (secondary N) is 1. The number of aromatic nitrogens is 2. The molecule has 2 aromatic rings. The first-order valence-electron chi connectivity index (χ1n) is 5.93. The van der Waals surface area contributed by atoms with Crippen molar-refractivity contribution in [1.29, 1.82) is 0 Å². The zero-order valence-electron chi connectivity index (χ0n) is 10.1. The number of aromatic amines is 1. The third-order valence-electron chi connectivity index (χ3n) is 3.02. The van der Waals surface area contributed by atoms with Crippen LogP contribution in [0.25, 0.3) is 0 Å². The molecule has 0 bridgehead atoms. The number of fused-ring (bicyclic) bond motifs is 1. The summed E-state index contributed by atoms with van der Waals surface area (Å²) in [6, 6.07) is 4.34.